The van der Waals surface area contributed by atoms with Gasteiger partial charge in [0.1, 0.15) is 11.9 Å². The van der Waals surface area contributed by atoms with E-state index in [0.717, 1.165) is 17.5 Å². The maximum absolute atomic E-state index is 12.3. The molecule has 44 heavy (non-hydrogen) atoms. The van der Waals surface area contributed by atoms with Gasteiger partial charge in [0.05, 0.1) is 18.2 Å². The van der Waals surface area contributed by atoms with E-state index in [9.17, 15) is 24.3 Å². The van der Waals surface area contributed by atoms with E-state index in [-0.39, 0.29) is 74.6 Å². The number of aliphatic hydroxyl groups is 1. The molecule has 0 fully saturated rings. The Morgan fingerprint density at radius 2 is 1.05 bits per heavy atom. The summed E-state index contributed by atoms with van der Waals surface area (Å²) in [5.74, 6) is -1.47. The summed E-state index contributed by atoms with van der Waals surface area (Å²) < 4.78 is 4.66. The van der Waals surface area contributed by atoms with Gasteiger partial charge in [-0.3, -0.25) is 9.59 Å². The van der Waals surface area contributed by atoms with E-state index in [2.05, 4.69) is 4.74 Å². The molecule has 225 valence electrons. The Morgan fingerprint density at radius 1 is 0.614 bits per heavy atom. The van der Waals surface area contributed by atoms with Crippen LogP contribution >= 0.6 is 0 Å². The second kappa shape index (κ2) is 18.8. The number of Topliss-reactive ketones (excluding diaryl/α,β-unsaturated/α-hetero) is 2. The number of carbonyl (C=O) groups excluding carboxylic acids is 3. The number of carboxylic acid groups (broad SMARTS) is 1. The molecule has 0 heterocycles. The average Bonchev–Trinajstić information content (AvgIpc) is 3.02. The van der Waals surface area contributed by atoms with Crippen molar-refractivity contribution in [2.75, 3.05) is 7.11 Å². The smallest absolute Gasteiger partial charge is 0.337 e. The van der Waals surface area contributed by atoms with Crippen LogP contribution in [0.15, 0.2) is 109 Å². The van der Waals surface area contributed by atoms with Crippen molar-refractivity contribution in [1.29, 1.82) is 0 Å². The van der Waals surface area contributed by atoms with Gasteiger partial charge >= 0.3 is 11.9 Å². The number of hydrogen-bond acceptors (Lipinski definition) is 6. The Labute approximate surface area is 283 Å². The molecule has 0 spiro atoms. The summed E-state index contributed by atoms with van der Waals surface area (Å²) in [5.41, 5.74) is 4.35. The number of ether oxygens (including phenoxy) is 1. The van der Waals surface area contributed by atoms with Crippen molar-refractivity contribution >= 4 is 23.5 Å². The Morgan fingerprint density at radius 3 is 1.50 bits per heavy atom. The van der Waals surface area contributed by atoms with E-state index in [1.807, 2.05) is 67.6 Å². The van der Waals surface area contributed by atoms with Gasteiger partial charge in [0.25, 0.3) is 0 Å². The maximum atomic E-state index is 12.3. The molecule has 0 bridgehead atoms. The van der Waals surface area contributed by atoms with Crippen LogP contribution in [-0.4, -0.2) is 46.9 Å². The number of carbonyl (C=O) groups is 4. The summed E-state index contributed by atoms with van der Waals surface area (Å²) >= 11 is 0. The van der Waals surface area contributed by atoms with Gasteiger partial charge in [0.2, 0.25) is 0 Å². The summed E-state index contributed by atoms with van der Waals surface area (Å²) in [4.78, 5) is 46.4. The third kappa shape index (κ3) is 12.1. The minimum atomic E-state index is -1.05. The first kappa shape index (κ1) is 36.4. The molecule has 0 aliphatic heterocycles. The van der Waals surface area contributed by atoms with Crippen LogP contribution in [0.5, 0.6) is 0 Å². The van der Waals surface area contributed by atoms with Crippen LogP contribution in [0.25, 0.3) is 0 Å². The Bertz CT molecular complexity index is 1490. The minimum Gasteiger partial charge on any atom is -0.478 e. The molecule has 2 atom stereocenters. The molecule has 4 rings (SSSR count). The predicted octanol–water partition coefficient (Wildman–Crippen LogP) is 5.56. The van der Waals surface area contributed by atoms with Crippen molar-refractivity contribution in [2.45, 2.75) is 38.7 Å². The fraction of sp³-hybridized carbons (Fsp3) is 0.222. The van der Waals surface area contributed by atoms with Crippen molar-refractivity contribution in [3.63, 3.8) is 0 Å². The van der Waals surface area contributed by atoms with Gasteiger partial charge in [-0.05, 0) is 52.9 Å². The summed E-state index contributed by atoms with van der Waals surface area (Å²) in [7, 11) is 1.35. The van der Waals surface area contributed by atoms with Crippen molar-refractivity contribution in [1.82, 2.24) is 0 Å². The fourth-order valence-electron chi connectivity index (χ4n) is 4.37. The van der Waals surface area contributed by atoms with Crippen LogP contribution < -0.4 is 0 Å². The number of aliphatic hydroxyl groups excluding tert-OH is 1. The molecule has 0 saturated heterocycles. The van der Waals surface area contributed by atoms with Crippen LogP contribution in [0.1, 0.15) is 49.9 Å². The second-order valence-electron chi connectivity index (χ2n) is 10.3. The summed E-state index contributed by atoms with van der Waals surface area (Å²) in [6, 6.07) is 32.4. The summed E-state index contributed by atoms with van der Waals surface area (Å²) in [6.07, 6.45) is 0.461. The molecule has 7 nitrogen and oxygen atoms in total. The van der Waals surface area contributed by atoms with Crippen molar-refractivity contribution in [3.05, 3.63) is 143 Å². The minimum absolute atomic E-state index is 0. The van der Waals surface area contributed by atoms with Crippen LogP contribution in [0.3, 0.4) is 0 Å². The van der Waals surface area contributed by atoms with Gasteiger partial charge in [0, 0.05) is 57.9 Å². The van der Waals surface area contributed by atoms with E-state index in [1.54, 1.807) is 36.4 Å². The van der Waals surface area contributed by atoms with E-state index >= 15 is 0 Å². The van der Waals surface area contributed by atoms with Crippen molar-refractivity contribution < 1.29 is 66.8 Å². The normalized spacial score (nSPS) is 11.5. The first-order valence-corrected chi connectivity index (χ1v) is 14.0. The third-order valence-corrected chi connectivity index (χ3v) is 6.91. The van der Waals surface area contributed by atoms with Gasteiger partial charge in [0.15, 0.2) is 5.78 Å². The zero-order valence-electron chi connectivity index (χ0n) is 24.9. The number of aromatic carboxylic acids is 1. The molecule has 0 aromatic heterocycles. The molecular formula is C36H36O7Y. The largest absolute Gasteiger partial charge is 0.478 e. The van der Waals surface area contributed by atoms with Crippen LogP contribution in [0.2, 0.25) is 0 Å². The quantitative estimate of drug-likeness (QED) is 0.190. The molecule has 0 aliphatic carbocycles. The van der Waals surface area contributed by atoms with Crippen molar-refractivity contribution in [3.8, 4) is 0 Å². The molecule has 0 unspecified atom stereocenters. The maximum Gasteiger partial charge on any atom is 0.337 e. The monoisotopic (exact) mass is 669 g/mol. The van der Waals surface area contributed by atoms with E-state index < -0.39 is 12.1 Å². The number of ketones is 2. The first-order valence-electron chi connectivity index (χ1n) is 14.0. The molecule has 4 aromatic carbocycles. The van der Waals surface area contributed by atoms with Crippen LogP contribution in [0.4, 0.5) is 0 Å². The number of carboxylic acids is 1. The van der Waals surface area contributed by atoms with Crippen LogP contribution in [0, 0.1) is 5.92 Å². The summed E-state index contributed by atoms with van der Waals surface area (Å²) in [6.45, 7) is 1.96. The van der Waals surface area contributed by atoms with Gasteiger partial charge < -0.3 is 14.9 Å². The van der Waals surface area contributed by atoms with Crippen LogP contribution in [-0.2, 0) is 72.7 Å². The SMILES string of the molecule is COC(=O)c1ccc(CC(=O)[C@H](C)Cc2ccccc2)cc1.O=C(O)c1ccc(CC(=O)[C@H](O)Cc2ccccc2)cc1.[Y]. The molecule has 0 amide bonds. The zero-order chi connectivity index (χ0) is 31.2. The van der Waals surface area contributed by atoms with Gasteiger partial charge in [-0.1, -0.05) is 91.9 Å². The van der Waals surface area contributed by atoms with E-state index in [4.69, 9.17) is 5.11 Å². The molecular weight excluding hydrogens is 633 g/mol. The van der Waals surface area contributed by atoms with Gasteiger partial charge in [-0.25, -0.2) is 9.59 Å². The Balaban J connectivity index is 0.000000300. The van der Waals surface area contributed by atoms with Gasteiger partial charge in [-0.2, -0.15) is 0 Å². The number of hydrogen-bond donors (Lipinski definition) is 2. The number of benzene rings is 4. The second-order valence-corrected chi connectivity index (χ2v) is 10.3. The molecule has 8 heteroatoms. The summed E-state index contributed by atoms with van der Waals surface area (Å²) in [5, 5.41) is 18.7. The molecule has 0 saturated carbocycles. The third-order valence-electron chi connectivity index (χ3n) is 6.91. The van der Waals surface area contributed by atoms with Crippen molar-refractivity contribution in [2.24, 2.45) is 5.92 Å². The standard InChI is InChI=1S/C19H20O3.C17H16O4.Y/c1-14(12-15-6-4-3-5-7-15)18(20)13-16-8-10-17(11-9-16)19(21)22-2;18-15(10-12-4-2-1-3-5-12)16(19)11-13-6-8-14(9-7-13)17(20)21;/h3-11,14H,12-13H2,1-2H3;1-9,15,18H,10-11H2,(H,20,21);/t14-;15-;/m11./s1. The fourth-order valence-corrected chi connectivity index (χ4v) is 4.37. The number of methoxy groups -OCH3 is 1. The predicted molar refractivity (Wildman–Crippen MR) is 164 cm³/mol. The van der Waals surface area contributed by atoms with E-state index in [0.29, 0.717) is 17.5 Å². The first-order chi connectivity index (χ1) is 20.7. The van der Waals surface area contributed by atoms with Gasteiger partial charge in [-0.15, -0.1) is 0 Å². The zero-order valence-corrected chi connectivity index (χ0v) is 27.7. The molecule has 4 aromatic rings. The average molecular weight is 670 g/mol. The topological polar surface area (TPSA) is 118 Å². The number of esters is 1. The Hall–Kier alpha value is -3.78. The Kier molecular flexibility index (Phi) is 15.6. The molecule has 1 radical (unpaired) electrons. The van der Waals surface area contributed by atoms with E-state index in [1.165, 1.54) is 24.8 Å². The number of rotatable bonds is 12. The molecule has 0 aliphatic rings. The molecule has 2 N–H and O–H groups in total.